The number of aliphatic hydroxyl groups is 1. The maximum atomic E-state index is 14.1. The van der Waals surface area contributed by atoms with Crippen LogP contribution < -0.4 is 25.0 Å². The molecule has 3 atom stereocenters. The van der Waals surface area contributed by atoms with Gasteiger partial charge in [-0.15, -0.1) is 0 Å². The Bertz CT molecular complexity index is 1860. The van der Waals surface area contributed by atoms with Crippen molar-refractivity contribution in [3.8, 4) is 5.75 Å². The highest BCUT2D eigenvalue weighted by molar-refractivity contribution is 7.92. The summed E-state index contributed by atoms with van der Waals surface area (Å²) in [5, 5.41) is 20.0. The fourth-order valence-electron chi connectivity index (χ4n) is 5.16. The van der Waals surface area contributed by atoms with Gasteiger partial charge in [-0.25, -0.2) is 17.2 Å². The molecule has 0 saturated carbocycles. The van der Waals surface area contributed by atoms with E-state index >= 15 is 0 Å². The van der Waals surface area contributed by atoms with E-state index in [0.29, 0.717) is 12.3 Å². The number of carbonyl (C=O) groups excluding carboxylic acids is 2. The molecule has 4 aromatic rings. The quantitative estimate of drug-likeness (QED) is 0.145. The Balaban J connectivity index is 1.61. The Kier molecular flexibility index (Phi) is 12.5. The van der Waals surface area contributed by atoms with Crippen molar-refractivity contribution in [2.75, 3.05) is 31.3 Å². The summed E-state index contributed by atoms with van der Waals surface area (Å²) in [6.45, 7) is 2.13. The van der Waals surface area contributed by atoms with Gasteiger partial charge in [0.1, 0.15) is 17.4 Å². The number of aliphatic hydroxyl groups excluding tert-OH is 1. The first-order valence-electron chi connectivity index (χ1n) is 15.5. The SMILES string of the molecule is COc1cccc(CNC[C@@H](O)[C@H](Cc2cc(F)cc(F)c2)NC(=O)c2cc(C(=O)N[C@H](C)c3ccccc3)cc(N(C)S(C)(=O)=O)c2)c1. The van der Waals surface area contributed by atoms with Gasteiger partial charge in [-0.1, -0.05) is 42.5 Å². The molecule has 0 fully saturated rings. The zero-order valence-electron chi connectivity index (χ0n) is 27.6. The summed E-state index contributed by atoms with van der Waals surface area (Å²) in [6.07, 6.45) is -0.398. The Labute approximate surface area is 285 Å². The molecule has 260 valence electrons. The highest BCUT2D eigenvalue weighted by Gasteiger charge is 2.25. The van der Waals surface area contributed by atoms with Crippen LogP contribution in [0.25, 0.3) is 0 Å². The minimum absolute atomic E-state index is 0.0121. The Morgan fingerprint density at radius 1 is 0.857 bits per heavy atom. The van der Waals surface area contributed by atoms with Crippen LogP contribution in [0.15, 0.2) is 91.0 Å². The number of halogens is 2. The van der Waals surface area contributed by atoms with Gasteiger partial charge < -0.3 is 25.8 Å². The largest absolute Gasteiger partial charge is 0.497 e. The number of ether oxygens (including phenoxy) is 1. The van der Waals surface area contributed by atoms with Crippen molar-refractivity contribution < 1.29 is 36.6 Å². The molecular weight excluding hydrogens is 654 g/mol. The summed E-state index contributed by atoms with van der Waals surface area (Å²) in [6, 6.07) is 22.0. The van der Waals surface area contributed by atoms with Crippen LogP contribution in [0.5, 0.6) is 5.75 Å². The summed E-state index contributed by atoms with van der Waals surface area (Å²) in [5.74, 6) is -2.28. The lowest BCUT2D eigenvalue weighted by atomic mass is 9.99. The number of benzene rings is 4. The van der Waals surface area contributed by atoms with Crippen molar-refractivity contribution in [1.29, 1.82) is 0 Å². The topological polar surface area (TPSA) is 137 Å². The third kappa shape index (κ3) is 10.6. The summed E-state index contributed by atoms with van der Waals surface area (Å²) in [5.41, 5.74) is 1.90. The van der Waals surface area contributed by atoms with E-state index in [1.807, 2.05) is 48.5 Å². The molecule has 4 aromatic carbocycles. The molecule has 0 aliphatic rings. The van der Waals surface area contributed by atoms with E-state index in [1.54, 1.807) is 20.1 Å². The molecule has 4 rings (SSSR count). The second kappa shape index (κ2) is 16.5. The molecule has 0 aromatic heterocycles. The van der Waals surface area contributed by atoms with Gasteiger partial charge in [-0.3, -0.25) is 13.9 Å². The number of amides is 2. The van der Waals surface area contributed by atoms with Gasteiger partial charge in [0.15, 0.2) is 0 Å². The fraction of sp³-hybridized carbons (Fsp3) is 0.278. The second-order valence-corrected chi connectivity index (χ2v) is 13.7. The smallest absolute Gasteiger partial charge is 0.251 e. The summed E-state index contributed by atoms with van der Waals surface area (Å²) < 4.78 is 59.2. The molecule has 0 aliphatic carbocycles. The normalized spacial score (nSPS) is 13.2. The molecule has 0 heterocycles. The van der Waals surface area contributed by atoms with Crippen molar-refractivity contribution in [3.63, 3.8) is 0 Å². The highest BCUT2D eigenvalue weighted by Crippen LogP contribution is 2.23. The van der Waals surface area contributed by atoms with Crippen molar-refractivity contribution in [2.24, 2.45) is 0 Å². The first-order valence-corrected chi connectivity index (χ1v) is 17.3. The number of sulfonamides is 1. The van der Waals surface area contributed by atoms with Crippen LogP contribution >= 0.6 is 0 Å². The number of carbonyl (C=O) groups is 2. The summed E-state index contributed by atoms with van der Waals surface area (Å²) in [7, 11) is -0.946. The summed E-state index contributed by atoms with van der Waals surface area (Å²) in [4.78, 5) is 27.2. The van der Waals surface area contributed by atoms with Crippen LogP contribution in [0.3, 0.4) is 0 Å². The zero-order valence-corrected chi connectivity index (χ0v) is 28.4. The number of hydrogen-bond donors (Lipinski definition) is 4. The highest BCUT2D eigenvalue weighted by atomic mass is 32.2. The van der Waals surface area contributed by atoms with Gasteiger partial charge in [0, 0.05) is 37.3 Å². The monoisotopic (exact) mass is 694 g/mol. The van der Waals surface area contributed by atoms with Crippen LogP contribution in [-0.4, -0.2) is 64.4 Å². The van der Waals surface area contributed by atoms with Crippen molar-refractivity contribution >= 4 is 27.5 Å². The van der Waals surface area contributed by atoms with Gasteiger partial charge in [0.05, 0.1) is 37.2 Å². The number of rotatable bonds is 15. The molecular formula is C36H40F2N4O6S. The van der Waals surface area contributed by atoms with E-state index < -0.39 is 51.7 Å². The second-order valence-electron chi connectivity index (χ2n) is 11.7. The Hall–Kier alpha value is -4.85. The van der Waals surface area contributed by atoms with Crippen LogP contribution in [-0.2, 0) is 23.0 Å². The van der Waals surface area contributed by atoms with Gasteiger partial charge in [-0.2, -0.15) is 0 Å². The maximum absolute atomic E-state index is 14.1. The zero-order chi connectivity index (χ0) is 35.7. The maximum Gasteiger partial charge on any atom is 0.251 e. The van der Waals surface area contributed by atoms with Crippen molar-refractivity contribution in [3.05, 3.63) is 130 Å². The molecule has 0 aliphatic heterocycles. The third-order valence-electron chi connectivity index (χ3n) is 7.93. The predicted molar refractivity (Wildman–Crippen MR) is 184 cm³/mol. The third-order valence-corrected chi connectivity index (χ3v) is 9.13. The van der Waals surface area contributed by atoms with E-state index in [4.69, 9.17) is 4.74 Å². The van der Waals surface area contributed by atoms with E-state index in [2.05, 4.69) is 16.0 Å². The molecule has 10 nitrogen and oxygen atoms in total. The molecule has 2 amide bonds. The molecule has 0 spiro atoms. The van der Waals surface area contributed by atoms with Crippen molar-refractivity contribution in [2.45, 2.75) is 38.1 Å². The van der Waals surface area contributed by atoms with E-state index in [9.17, 15) is 31.9 Å². The lowest BCUT2D eigenvalue weighted by Crippen LogP contribution is -2.48. The van der Waals surface area contributed by atoms with E-state index in [-0.39, 0.29) is 35.3 Å². The minimum Gasteiger partial charge on any atom is -0.497 e. The summed E-state index contributed by atoms with van der Waals surface area (Å²) >= 11 is 0. The number of hydrogen-bond acceptors (Lipinski definition) is 7. The fourth-order valence-corrected chi connectivity index (χ4v) is 5.65. The Morgan fingerprint density at radius 3 is 2.10 bits per heavy atom. The van der Waals surface area contributed by atoms with E-state index in [1.165, 1.54) is 25.2 Å². The minimum atomic E-state index is -3.79. The average Bonchev–Trinajstić information content (AvgIpc) is 3.06. The molecule has 13 heteroatoms. The van der Waals surface area contributed by atoms with Gasteiger partial charge in [0.25, 0.3) is 11.8 Å². The molecule has 0 saturated heterocycles. The lowest BCUT2D eigenvalue weighted by molar-refractivity contribution is 0.0830. The molecule has 0 unspecified atom stereocenters. The first kappa shape index (κ1) is 37.0. The van der Waals surface area contributed by atoms with Gasteiger partial charge in [0.2, 0.25) is 10.0 Å². The first-order chi connectivity index (χ1) is 23.2. The number of nitrogens with one attached hydrogen (secondary N) is 3. The van der Waals surface area contributed by atoms with E-state index in [0.717, 1.165) is 39.9 Å². The Morgan fingerprint density at radius 2 is 1.49 bits per heavy atom. The average molecular weight is 695 g/mol. The standard InChI is InChI=1S/C36H40F2N4O6S/c1-23(26-10-6-5-7-11-26)40-35(44)27-17-28(19-31(18-27)42(2)49(4,46)47)36(45)41-33(16-25-13-29(37)20-30(38)14-25)34(43)22-39-21-24-9-8-12-32(15-24)48-3/h5-15,17-20,23,33-34,39,43H,16,21-22H2,1-4H3,(H,40,44)(H,41,45)/t23-,33+,34-/m1/s1. The van der Waals surface area contributed by atoms with Crippen LogP contribution in [0.2, 0.25) is 0 Å². The number of nitrogens with zero attached hydrogens (tertiary/aromatic N) is 1. The molecule has 4 N–H and O–H groups in total. The molecule has 49 heavy (non-hydrogen) atoms. The molecule has 0 bridgehead atoms. The predicted octanol–water partition coefficient (Wildman–Crippen LogP) is 4.35. The van der Waals surface area contributed by atoms with Crippen LogP contribution in [0, 0.1) is 11.6 Å². The number of anilines is 1. The van der Waals surface area contributed by atoms with Gasteiger partial charge >= 0.3 is 0 Å². The van der Waals surface area contributed by atoms with Crippen LogP contribution in [0.4, 0.5) is 14.5 Å². The number of methoxy groups -OCH3 is 1. The lowest BCUT2D eigenvalue weighted by Gasteiger charge is -2.26. The van der Waals surface area contributed by atoms with Crippen LogP contribution in [0.1, 0.15) is 50.4 Å². The molecule has 0 radical (unpaired) electrons. The van der Waals surface area contributed by atoms with Gasteiger partial charge in [-0.05, 0) is 72.5 Å². The van der Waals surface area contributed by atoms with Crippen molar-refractivity contribution in [1.82, 2.24) is 16.0 Å².